The van der Waals surface area contributed by atoms with Crippen molar-refractivity contribution in [2.24, 2.45) is 11.8 Å². The summed E-state index contributed by atoms with van der Waals surface area (Å²) in [7, 11) is 0. The van der Waals surface area contributed by atoms with Crippen molar-refractivity contribution in [2.75, 3.05) is 0 Å². The number of nitrogens with zero attached hydrogens (tertiary/aromatic N) is 4. The number of fused-ring (bicyclic) bond motifs is 5. The van der Waals surface area contributed by atoms with Gasteiger partial charge in [0, 0.05) is 34.0 Å². The van der Waals surface area contributed by atoms with Crippen LogP contribution in [0.1, 0.15) is 63.6 Å². The molecule has 3 aliphatic carbocycles. The van der Waals surface area contributed by atoms with E-state index in [-0.39, 0.29) is 34.8 Å². The van der Waals surface area contributed by atoms with Crippen LogP contribution in [0.4, 0.5) is 4.39 Å². The van der Waals surface area contributed by atoms with Crippen molar-refractivity contribution < 1.29 is 13.9 Å². The molecule has 2 aromatic heterocycles. The number of Topliss-reactive ketones (excluding diaryl/α,β-unsaturated/α-hetero) is 1. The van der Waals surface area contributed by atoms with E-state index in [1.807, 2.05) is 19.1 Å². The Kier molecular flexibility index (Phi) is 5.78. The molecule has 0 amide bonds. The molecule has 7 heteroatoms. The Morgan fingerprint density at radius 1 is 1.16 bits per heavy atom. The van der Waals surface area contributed by atoms with Gasteiger partial charge in [-0.3, -0.25) is 9.78 Å². The number of rotatable bonds is 3. The highest BCUT2D eigenvalue weighted by molar-refractivity contribution is 6.01. The lowest BCUT2D eigenvalue weighted by Gasteiger charge is -2.29. The lowest BCUT2D eigenvalue weighted by Crippen LogP contribution is -2.26. The maximum atomic E-state index is 14.6. The van der Waals surface area contributed by atoms with Crippen LogP contribution in [0.25, 0.3) is 22.3 Å². The van der Waals surface area contributed by atoms with Crippen molar-refractivity contribution in [2.45, 2.75) is 70.3 Å². The summed E-state index contributed by atoms with van der Waals surface area (Å²) >= 11 is 0. The Labute approximate surface area is 215 Å². The van der Waals surface area contributed by atoms with Crippen molar-refractivity contribution in [1.29, 1.82) is 5.26 Å². The number of pyridine rings is 1. The molecular formula is C30H29FN4O2. The summed E-state index contributed by atoms with van der Waals surface area (Å²) < 4.78 is 21.1. The number of hydrogen-bond acceptors (Lipinski definition) is 6. The zero-order valence-electron chi connectivity index (χ0n) is 21.1. The molecule has 3 aromatic rings. The van der Waals surface area contributed by atoms with Crippen LogP contribution < -0.4 is 4.74 Å². The monoisotopic (exact) mass is 496 g/mol. The molecule has 1 saturated carbocycles. The van der Waals surface area contributed by atoms with Crippen molar-refractivity contribution in [1.82, 2.24) is 15.0 Å². The molecule has 2 bridgehead atoms. The first kappa shape index (κ1) is 23.7. The molecule has 6 nitrogen and oxygen atoms in total. The molecule has 1 aromatic carbocycles. The highest BCUT2D eigenvalue weighted by atomic mass is 19.1. The van der Waals surface area contributed by atoms with Crippen LogP contribution in [0.3, 0.4) is 0 Å². The number of carbonyl (C=O) groups excluding carboxylic acids is 1. The van der Waals surface area contributed by atoms with E-state index in [1.165, 1.54) is 6.07 Å². The van der Waals surface area contributed by atoms with Crippen molar-refractivity contribution in [3.8, 4) is 23.3 Å². The minimum atomic E-state index is -0.637. The predicted octanol–water partition coefficient (Wildman–Crippen LogP) is 6.03. The van der Waals surface area contributed by atoms with E-state index in [2.05, 4.69) is 18.0 Å². The Hall–Kier alpha value is -3.66. The van der Waals surface area contributed by atoms with E-state index in [0.717, 1.165) is 43.4 Å². The maximum absolute atomic E-state index is 14.6. The van der Waals surface area contributed by atoms with Crippen LogP contribution in [0.2, 0.25) is 0 Å². The van der Waals surface area contributed by atoms with Crippen LogP contribution in [-0.4, -0.2) is 26.8 Å². The van der Waals surface area contributed by atoms with Gasteiger partial charge in [0.05, 0.1) is 11.3 Å². The first-order valence-corrected chi connectivity index (χ1v) is 13.2. The molecule has 37 heavy (non-hydrogen) atoms. The number of carbonyl (C=O) groups is 1. The van der Waals surface area contributed by atoms with E-state index in [4.69, 9.17) is 14.7 Å². The van der Waals surface area contributed by atoms with Gasteiger partial charge >= 0.3 is 0 Å². The van der Waals surface area contributed by atoms with Gasteiger partial charge in [-0.1, -0.05) is 32.1 Å². The zero-order valence-corrected chi connectivity index (χ0v) is 21.1. The molecular weight excluding hydrogens is 467 g/mol. The molecule has 0 aliphatic heterocycles. The first-order chi connectivity index (χ1) is 17.9. The molecule has 0 saturated heterocycles. The van der Waals surface area contributed by atoms with Crippen LogP contribution >= 0.6 is 0 Å². The summed E-state index contributed by atoms with van der Waals surface area (Å²) in [5.41, 5.74) is 2.25. The van der Waals surface area contributed by atoms with E-state index in [1.54, 1.807) is 18.3 Å². The second kappa shape index (κ2) is 9.02. The number of ketones is 1. The van der Waals surface area contributed by atoms with Crippen molar-refractivity contribution in [3.05, 3.63) is 59.2 Å². The number of allylic oxidation sites excluding steroid dienone is 2. The minimum absolute atomic E-state index is 0.0908. The van der Waals surface area contributed by atoms with E-state index >= 15 is 0 Å². The third kappa shape index (κ3) is 3.99. The van der Waals surface area contributed by atoms with E-state index < -0.39 is 11.2 Å². The molecule has 3 atom stereocenters. The number of para-hydroxylation sites is 1. The number of hydrogen-bond donors (Lipinski definition) is 0. The minimum Gasteiger partial charge on any atom is -0.474 e. The summed E-state index contributed by atoms with van der Waals surface area (Å²) in [5, 5.41) is 10.5. The fraction of sp³-hybridized carbons (Fsp3) is 0.433. The highest BCUT2D eigenvalue weighted by Crippen LogP contribution is 2.47. The first-order valence-electron chi connectivity index (χ1n) is 13.2. The number of aromatic nitrogens is 3. The number of benzene rings is 1. The van der Waals surface area contributed by atoms with E-state index in [9.17, 15) is 14.4 Å². The van der Waals surface area contributed by atoms with Gasteiger partial charge in [-0.05, 0) is 63.0 Å². The van der Waals surface area contributed by atoms with Gasteiger partial charge in [-0.25, -0.2) is 9.37 Å². The molecule has 188 valence electrons. The van der Waals surface area contributed by atoms with Crippen LogP contribution in [0, 0.1) is 29.0 Å². The lowest BCUT2D eigenvalue weighted by atomic mass is 9.76. The Morgan fingerprint density at radius 3 is 2.76 bits per heavy atom. The van der Waals surface area contributed by atoms with Gasteiger partial charge in [0.1, 0.15) is 23.5 Å². The second-order valence-corrected chi connectivity index (χ2v) is 10.9. The molecule has 1 fully saturated rings. The number of nitriles is 1. The molecule has 0 unspecified atom stereocenters. The molecule has 0 N–H and O–H groups in total. The smallest absolute Gasteiger partial charge is 0.220 e. The third-order valence-corrected chi connectivity index (χ3v) is 8.47. The summed E-state index contributed by atoms with van der Waals surface area (Å²) in [6, 6.07) is 8.83. The van der Waals surface area contributed by atoms with Gasteiger partial charge in [0.2, 0.25) is 5.88 Å². The molecule has 2 heterocycles. The summed E-state index contributed by atoms with van der Waals surface area (Å²) in [4.78, 5) is 27.4. The topological polar surface area (TPSA) is 88.8 Å². The third-order valence-electron chi connectivity index (χ3n) is 8.47. The lowest BCUT2D eigenvalue weighted by molar-refractivity contribution is -0.119. The average molecular weight is 497 g/mol. The summed E-state index contributed by atoms with van der Waals surface area (Å²) in [5.74, 6) is 0.413. The van der Waals surface area contributed by atoms with Gasteiger partial charge in [-0.15, -0.1) is 0 Å². The van der Waals surface area contributed by atoms with Crippen molar-refractivity contribution in [3.63, 3.8) is 0 Å². The normalized spacial score (nSPS) is 25.7. The van der Waals surface area contributed by atoms with Crippen LogP contribution in [0.15, 0.2) is 42.1 Å². The fourth-order valence-corrected chi connectivity index (χ4v) is 6.44. The molecule has 3 aliphatic rings. The summed E-state index contributed by atoms with van der Waals surface area (Å²) in [6.45, 7) is 4.00. The summed E-state index contributed by atoms with van der Waals surface area (Å²) in [6.07, 6.45) is 9.95. The van der Waals surface area contributed by atoms with Gasteiger partial charge < -0.3 is 4.74 Å². The fourth-order valence-electron chi connectivity index (χ4n) is 6.44. The highest BCUT2D eigenvalue weighted by Gasteiger charge is 2.44. The van der Waals surface area contributed by atoms with Gasteiger partial charge in [0.15, 0.2) is 11.6 Å². The quantitative estimate of drug-likeness (QED) is 0.440. The predicted molar refractivity (Wildman–Crippen MR) is 137 cm³/mol. The van der Waals surface area contributed by atoms with Crippen LogP contribution in [0.5, 0.6) is 5.88 Å². The SMILES string of the molecule is C[C@H]1C(=O)C(C#N)=C[C@]2(C)C[C@H]1CCc1c(OC3CCCC3)nc(-c3ccnc4c(F)cccc34)nc12. The average Bonchev–Trinajstić information content (AvgIpc) is 3.33. The standard InChI is InChI=1S/C30H29FN4O2/c1-17-18-10-11-23-27(30(2,14-18)15-19(16-32)26(17)36)34-28(35-29(23)37-20-6-3-4-7-20)22-12-13-33-25-21(22)8-5-9-24(25)31/h5,8-9,12-13,15,17-18,20H,3-4,6-7,10-11,14H2,1-2H3/t17-,18-,30+/m1/s1. The Morgan fingerprint density at radius 2 is 1.97 bits per heavy atom. The molecule has 0 radical (unpaired) electrons. The number of ether oxygens (including phenoxy) is 1. The Balaban J connectivity index is 1.60. The maximum Gasteiger partial charge on any atom is 0.220 e. The zero-order chi connectivity index (χ0) is 25.7. The van der Waals surface area contributed by atoms with Crippen molar-refractivity contribution >= 4 is 16.7 Å². The second-order valence-electron chi connectivity index (χ2n) is 10.9. The molecule has 0 spiro atoms. The Bertz CT molecular complexity index is 1490. The molecule has 6 rings (SSSR count). The number of halogens is 1. The van der Waals surface area contributed by atoms with E-state index in [0.29, 0.717) is 35.5 Å². The van der Waals surface area contributed by atoms with Crippen LogP contribution in [-0.2, 0) is 16.6 Å². The largest absolute Gasteiger partial charge is 0.474 e. The van der Waals surface area contributed by atoms with Gasteiger partial charge in [0.25, 0.3) is 0 Å². The van der Waals surface area contributed by atoms with Gasteiger partial charge in [-0.2, -0.15) is 10.2 Å².